The van der Waals surface area contributed by atoms with E-state index in [1.807, 2.05) is 13.8 Å². The molecular formula is C20H21N5O4S. The van der Waals surface area contributed by atoms with Crippen molar-refractivity contribution < 1.29 is 13.5 Å². The number of para-hydroxylation sites is 1. The number of aromatic hydroxyl groups is 1. The number of aromatic nitrogens is 3. The zero-order valence-electron chi connectivity index (χ0n) is 16.5. The Morgan fingerprint density at radius 2 is 1.93 bits per heavy atom. The fourth-order valence-electron chi connectivity index (χ4n) is 3.58. The van der Waals surface area contributed by atoms with Crippen LogP contribution in [0.25, 0.3) is 11.0 Å². The van der Waals surface area contributed by atoms with Crippen LogP contribution >= 0.6 is 0 Å². The average Bonchev–Trinajstić information content (AvgIpc) is 2.74. The van der Waals surface area contributed by atoms with Gasteiger partial charge in [-0.05, 0) is 18.1 Å². The lowest BCUT2D eigenvalue weighted by Gasteiger charge is -2.21. The third kappa shape index (κ3) is 3.22. The molecule has 0 saturated heterocycles. The molecule has 30 heavy (non-hydrogen) atoms. The van der Waals surface area contributed by atoms with E-state index >= 15 is 0 Å². The zero-order valence-corrected chi connectivity index (χ0v) is 17.3. The summed E-state index contributed by atoms with van der Waals surface area (Å²) in [5.41, 5.74) is -0.201. The van der Waals surface area contributed by atoms with Crippen LogP contribution in [0.3, 0.4) is 0 Å². The van der Waals surface area contributed by atoms with E-state index in [-0.39, 0.29) is 33.3 Å². The molecule has 0 aliphatic carbocycles. The van der Waals surface area contributed by atoms with E-state index in [4.69, 9.17) is 0 Å². The molecule has 3 heterocycles. The van der Waals surface area contributed by atoms with E-state index in [2.05, 4.69) is 19.7 Å². The van der Waals surface area contributed by atoms with Crippen molar-refractivity contribution >= 4 is 32.6 Å². The van der Waals surface area contributed by atoms with Crippen LogP contribution in [0.1, 0.15) is 32.3 Å². The van der Waals surface area contributed by atoms with Gasteiger partial charge in [0.1, 0.15) is 28.2 Å². The molecule has 2 N–H and O–H groups in total. The van der Waals surface area contributed by atoms with E-state index in [1.165, 1.54) is 23.2 Å². The molecule has 0 spiro atoms. The summed E-state index contributed by atoms with van der Waals surface area (Å²) in [5, 5.41) is 14.0. The molecule has 0 amide bonds. The molecule has 0 bridgehead atoms. The topological polar surface area (TPSA) is 127 Å². The van der Waals surface area contributed by atoms with Gasteiger partial charge in [0.15, 0.2) is 5.84 Å². The number of fused-ring (bicyclic) bond motifs is 2. The first-order valence-corrected chi connectivity index (χ1v) is 11.1. The Labute approximate surface area is 173 Å². The molecule has 2 aromatic heterocycles. The highest BCUT2D eigenvalue weighted by atomic mass is 32.2. The molecule has 0 saturated carbocycles. The van der Waals surface area contributed by atoms with Gasteiger partial charge in [-0.15, -0.1) is 4.40 Å². The summed E-state index contributed by atoms with van der Waals surface area (Å²) in [6.45, 7) is 4.45. The summed E-state index contributed by atoms with van der Waals surface area (Å²) in [5.74, 6) is -0.415. The Bertz CT molecular complexity index is 1330. The normalized spacial score (nSPS) is 15.0. The average molecular weight is 427 g/mol. The van der Waals surface area contributed by atoms with Gasteiger partial charge in [-0.2, -0.15) is 8.42 Å². The van der Waals surface area contributed by atoms with Gasteiger partial charge in [-0.25, -0.2) is 9.97 Å². The van der Waals surface area contributed by atoms with Crippen LogP contribution in [-0.2, 0) is 16.6 Å². The minimum atomic E-state index is -4.04. The Balaban J connectivity index is 1.99. The monoisotopic (exact) mass is 427 g/mol. The molecule has 3 aromatic rings. The molecule has 4 rings (SSSR count). The molecule has 1 aliphatic heterocycles. The van der Waals surface area contributed by atoms with E-state index in [9.17, 15) is 18.3 Å². The number of pyridine rings is 1. The highest BCUT2D eigenvalue weighted by Gasteiger charge is 2.30. The number of nitrogens with zero attached hydrogens (tertiary/aromatic N) is 4. The van der Waals surface area contributed by atoms with Crippen LogP contribution in [0.15, 0.2) is 50.9 Å². The first-order valence-electron chi connectivity index (χ1n) is 9.64. The second-order valence-corrected chi connectivity index (χ2v) is 8.69. The molecule has 0 fully saturated rings. The lowest BCUT2D eigenvalue weighted by atomic mass is 10.0. The first-order chi connectivity index (χ1) is 14.4. The number of sulfonamides is 1. The number of rotatable bonds is 5. The molecule has 156 valence electrons. The van der Waals surface area contributed by atoms with Crippen molar-refractivity contribution in [3.8, 4) is 5.75 Å². The second kappa shape index (κ2) is 7.52. The number of anilines is 1. The van der Waals surface area contributed by atoms with Crippen molar-refractivity contribution in [3.63, 3.8) is 0 Å². The van der Waals surface area contributed by atoms with Gasteiger partial charge in [0.25, 0.3) is 15.6 Å². The van der Waals surface area contributed by atoms with Gasteiger partial charge >= 0.3 is 0 Å². The predicted molar refractivity (Wildman–Crippen MR) is 113 cm³/mol. The molecule has 0 radical (unpaired) electrons. The van der Waals surface area contributed by atoms with Gasteiger partial charge in [0.2, 0.25) is 0 Å². The Morgan fingerprint density at radius 1 is 1.20 bits per heavy atom. The molecule has 1 aliphatic rings. The van der Waals surface area contributed by atoms with E-state index in [1.54, 1.807) is 18.2 Å². The number of benzene rings is 1. The van der Waals surface area contributed by atoms with Crippen LogP contribution in [0.2, 0.25) is 0 Å². The maximum absolute atomic E-state index is 13.4. The maximum atomic E-state index is 13.4. The highest BCUT2D eigenvalue weighted by Crippen LogP contribution is 2.31. The fraction of sp³-hybridized carbons (Fsp3) is 0.300. The van der Waals surface area contributed by atoms with Crippen LogP contribution in [0.4, 0.5) is 5.69 Å². The molecule has 0 unspecified atom stereocenters. The smallest absolute Gasteiger partial charge is 0.286 e. The molecule has 10 heteroatoms. The van der Waals surface area contributed by atoms with E-state index < -0.39 is 21.3 Å². The Morgan fingerprint density at radius 3 is 2.67 bits per heavy atom. The van der Waals surface area contributed by atoms with Gasteiger partial charge in [0, 0.05) is 12.7 Å². The Hall–Kier alpha value is -3.27. The van der Waals surface area contributed by atoms with Crippen LogP contribution in [0.5, 0.6) is 5.75 Å². The van der Waals surface area contributed by atoms with Crippen LogP contribution in [-0.4, -0.2) is 33.9 Å². The predicted octanol–water partition coefficient (Wildman–Crippen LogP) is 2.49. The summed E-state index contributed by atoms with van der Waals surface area (Å²) in [4.78, 5) is 21.6. The van der Waals surface area contributed by atoms with Gasteiger partial charge < -0.3 is 10.4 Å². The third-order valence-corrected chi connectivity index (χ3v) is 6.69. The van der Waals surface area contributed by atoms with Crippen molar-refractivity contribution in [2.75, 3.05) is 5.32 Å². The van der Waals surface area contributed by atoms with Crippen molar-refractivity contribution in [2.45, 2.75) is 38.1 Å². The van der Waals surface area contributed by atoms with Gasteiger partial charge in [-0.3, -0.25) is 9.36 Å². The number of nitrogens with one attached hydrogen (secondary N) is 1. The minimum Gasteiger partial charge on any atom is -0.506 e. The van der Waals surface area contributed by atoms with Gasteiger partial charge in [-0.1, -0.05) is 38.8 Å². The van der Waals surface area contributed by atoms with E-state index in [0.717, 1.165) is 12.8 Å². The first kappa shape index (κ1) is 20.0. The van der Waals surface area contributed by atoms with Crippen LogP contribution < -0.4 is 10.9 Å². The minimum absolute atomic E-state index is 0.00900. The summed E-state index contributed by atoms with van der Waals surface area (Å²) in [6.07, 6.45) is 4.41. The maximum Gasteiger partial charge on any atom is 0.286 e. The number of amidine groups is 1. The second-order valence-electron chi connectivity index (χ2n) is 7.12. The number of hydrogen-bond donors (Lipinski definition) is 2. The Kier molecular flexibility index (Phi) is 5.02. The standard InChI is InChI=1S/C20H21N5O4S/c1-3-12(4-2)10-25-19-13(9-21-11-22-19)17(26)16(20(25)27)18-23-14-7-5-6-8-15(14)30(28,29)24-18/h5-9,11-12,26H,3-4,10H2,1-2H3,(H,23,24). The summed E-state index contributed by atoms with van der Waals surface area (Å²) in [7, 11) is -4.04. The molecule has 1 aromatic carbocycles. The molecule has 9 nitrogen and oxygen atoms in total. The van der Waals surface area contributed by atoms with Crippen LogP contribution in [0, 0.1) is 5.92 Å². The van der Waals surface area contributed by atoms with E-state index in [0.29, 0.717) is 12.2 Å². The number of hydrogen-bond acceptors (Lipinski definition) is 7. The molecular weight excluding hydrogens is 406 g/mol. The third-order valence-electron chi connectivity index (χ3n) is 5.36. The largest absolute Gasteiger partial charge is 0.506 e. The van der Waals surface area contributed by atoms with Crippen molar-refractivity contribution in [2.24, 2.45) is 10.3 Å². The summed E-state index contributed by atoms with van der Waals surface area (Å²) >= 11 is 0. The van der Waals surface area contributed by atoms with Gasteiger partial charge in [0.05, 0.1) is 11.1 Å². The fourth-order valence-corrected chi connectivity index (χ4v) is 4.71. The lowest BCUT2D eigenvalue weighted by Crippen LogP contribution is -2.34. The summed E-state index contributed by atoms with van der Waals surface area (Å²) in [6, 6.07) is 6.26. The van der Waals surface area contributed by atoms with Crippen molar-refractivity contribution in [1.29, 1.82) is 0 Å². The zero-order chi connectivity index (χ0) is 21.5. The van der Waals surface area contributed by atoms with Crippen molar-refractivity contribution in [3.05, 3.63) is 52.7 Å². The van der Waals surface area contributed by atoms with Crippen molar-refractivity contribution in [1.82, 2.24) is 14.5 Å². The lowest BCUT2D eigenvalue weighted by molar-refractivity contribution is 0.415. The quantitative estimate of drug-likeness (QED) is 0.640. The summed E-state index contributed by atoms with van der Waals surface area (Å²) < 4.78 is 30.5. The molecule has 0 atom stereocenters. The highest BCUT2D eigenvalue weighted by molar-refractivity contribution is 7.90. The SMILES string of the molecule is CCC(CC)Cn1c(=O)c(C2=NS(=O)(=O)c3ccccc3N2)c(O)c2cncnc21.